The first-order valence-corrected chi connectivity index (χ1v) is 7.07. The van der Waals surface area contributed by atoms with Crippen molar-refractivity contribution in [1.82, 2.24) is 4.90 Å². The first-order valence-electron chi connectivity index (χ1n) is 7.07. The molecule has 3 heteroatoms. The third-order valence-corrected chi connectivity index (χ3v) is 4.00. The predicted octanol–water partition coefficient (Wildman–Crippen LogP) is 3.75. The Hall–Kier alpha value is -1.87. The number of nitrogens with two attached hydrogens (primary N) is 1. The quantitative estimate of drug-likeness (QED) is 0.861. The smallest absolute Gasteiger partial charge is 0.129 e. The van der Waals surface area contributed by atoms with E-state index in [9.17, 15) is 4.39 Å². The van der Waals surface area contributed by atoms with E-state index in [4.69, 9.17) is 5.73 Å². The molecule has 0 saturated carbocycles. The van der Waals surface area contributed by atoms with Crippen molar-refractivity contribution < 1.29 is 4.39 Å². The average molecular weight is 270 g/mol. The Morgan fingerprint density at radius 2 is 1.95 bits per heavy atom. The minimum Gasteiger partial charge on any atom is -0.399 e. The Kier molecular flexibility index (Phi) is 3.70. The second kappa shape index (κ2) is 5.63. The Morgan fingerprint density at radius 3 is 2.70 bits per heavy atom. The first-order chi connectivity index (χ1) is 9.74. The van der Waals surface area contributed by atoms with Gasteiger partial charge in [-0.3, -0.25) is 4.90 Å². The van der Waals surface area contributed by atoms with E-state index in [2.05, 4.69) is 29.2 Å². The molecule has 1 atom stereocenters. The summed E-state index contributed by atoms with van der Waals surface area (Å²) in [5.41, 5.74) is 8.12. The highest BCUT2D eigenvalue weighted by atomic mass is 19.1. The number of hydrogen-bond acceptors (Lipinski definition) is 2. The number of nitrogen functional groups attached to an aromatic ring is 1. The fourth-order valence-corrected chi connectivity index (χ4v) is 2.98. The van der Waals surface area contributed by atoms with Gasteiger partial charge in [0.2, 0.25) is 0 Å². The summed E-state index contributed by atoms with van der Waals surface area (Å²) in [7, 11) is 0. The van der Waals surface area contributed by atoms with E-state index < -0.39 is 0 Å². The van der Waals surface area contributed by atoms with Gasteiger partial charge in [0, 0.05) is 23.8 Å². The van der Waals surface area contributed by atoms with Gasteiger partial charge >= 0.3 is 0 Å². The van der Waals surface area contributed by atoms with Gasteiger partial charge in [-0.1, -0.05) is 36.4 Å². The van der Waals surface area contributed by atoms with Crippen molar-refractivity contribution in [1.29, 1.82) is 0 Å². The predicted molar refractivity (Wildman–Crippen MR) is 79.6 cm³/mol. The molecule has 2 aromatic rings. The van der Waals surface area contributed by atoms with Crippen molar-refractivity contribution in [2.24, 2.45) is 0 Å². The van der Waals surface area contributed by atoms with Crippen molar-refractivity contribution in [2.45, 2.75) is 25.4 Å². The number of benzene rings is 2. The zero-order valence-corrected chi connectivity index (χ0v) is 11.4. The molecular weight excluding hydrogens is 251 g/mol. The number of halogens is 1. The highest BCUT2D eigenvalue weighted by molar-refractivity contribution is 5.40. The van der Waals surface area contributed by atoms with Crippen molar-refractivity contribution in [2.75, 3.05) is 12.3 Å². The first kappa shape index (κ1) is 13.1. The third-order valence-electron chi connectivity index (χ3n) is 4.00. The second-order valence-corrected chi connectivity index (χ2v) is 5.39. The second-order valence-electron chi connectivity index (χ2n) is 5.39. The van der Waals surface area contributed by atoms with Crippen LogP contribution in [0.3, 0.4) is 0 Å². The average Bonchev–Trinajstić information content (AvgIpc) is 2.91. The summed E-state index contributed by atoms with van der Waals surface area (Å²) in [5.74, 6) is -0.205. The summed E-state index contributed by atoms with van der Waals surface area (Å²) in [6, 6.07) is 15.8. The van der Waals surface area contributed by atoms with Gasteiger partial charge in [0.15, 0.2) is 0 Å². The van der Waals surface area contributed by atoms with Crippen LogP contribution in [-0.2, 0) is 6.54 Å². The lowest BCUT2D eigenvalue weighted by Crippen LogP contribution is -2.23. The van der Waals surface area contributed by atoms with Gasteiger partial charge in [-0.2, -0.15) is 0 Å². The molecule has 0 spiro atoms. The van der Waals surface area contributed by atoms with Crippen molar-refractivity contribution in [3.8, 4) is 0 Å². The van der Waals surface area contributed by atoms with Crippen LogP contribution in [0.15, 0.2) is 48.5 Å². The highest BCUT2D eigenvalue weighted by Crippen LogP contribution is 2.33. The Bertz CT molecular complexity index is 583. The van der Waals surface area contributed by atoms with Crippen LogP contribution in [0.5, 0.6) is 0 Å². The summed E-state index contributed by atoms with van der Waals surface area (Å²) in [5, 5.41) is 0. The van der Waals surface area contributed by atoms with Gasteiger partial charge in [0.1, 0.15) is 5.82 Å². The third kappa shape index (κ3) is 2.68. The van der Waals surface area contributed by atoms with E-state index in [0.717, 1.165) is 24.9 Å². The van der Waals surface area contributed by atoms with E-state index in [0.29, 0.717) is 18.3 Å². The van der Waals surface area contributed by atoms with Crippen LogP contribution in [0.2, 0.25) is 0 Å². The van der Waals surface area contributed by atoms with Crippen LogP contribution in [0, 0.1) is 5.82 Å². The molecular formula is C17H19FN2. The normalized spacial score (nSPS) is 19.4. The maximum Gasteiger partial charge on any atom is 0.129 e. The topological polar surface area (TPSA) is 29.3 Å². The van der Waals surface area contributed by atoms with Gasteiger partial charge in [-0.25, -0.2) is 4.39 Å². The number of likely N-dealkylation sites (tertiary alicyclic amines) is 1. The molecule has 0 radical (unpaired) electrons. The van der Waals surface area contributed by atoms with Crippen LogP contribution >= 0.6 is 0 Å². The van der Waals surface area contributed by atoms with Crippen molar-refractivity contribution in [3.05, 3.63) is 65.5 Å². The summed E-state index contributed by atoms with van der Waals surface area (Å²) >= 11 is 0. The Labute approximate surface area is 119 Å². The molecule has 0 amide bonds. The number of hydrogen-bond donors (Lipinski definition) is 1. The van der Waals surface area contributed by atoms with Gasteiger partial charge < -0.3 is 5.73 Å². The van der Waals surface area contributed by atoms with E-state index in [1.807, 2.05) is 6.07 Å². The monoisotopic (exact) mass is 270 g/mol. The van der Waals surface area contributed by atoms with Gasteiger partial charge in [0.25, 0.3) is 0 Å². The van der Waals surface area contributed by atoms with E-state index >= 15 is 0 Å². The number of rotatable bonds is 3. The van der Waals surface area contributed by atoms with Crippen LogP contribution in [0.1, 0.15) is 30.0 Å². The molecule has 1 fully saturated rings. The van der Waals surface area contributed by atoms with Gasteiger partial charge in [-0.05, 0) is 37.1 Å². The summed E-state index contributed by atoms with van der Waals surface area (Å²) in [4.78, 5) is 2.35. The van der Waals surface area contributed by atoms with Crippen molar-refractivity contribution >= 4 is 5.69 Å². The molecule has 1 aliphatic rings. The van der Waals surface area contributed by atoms with E-state index in [-0.39, 0.29) is 5.82 Å². The minimum absolute atomic E-state index is 0.205. The highest BCUT2D eigenvalue weighted by Gasteiger charge is 2.26. The molecule has 104 valence electrons. The summed E-state index contributed by atoms with van der Waals surface area (Å²) in [6.45, 7) is 1.66. The fourth-order valence-electron chi connectivity index (χ4n) is 2.98. The van der Waals surface area contributed by atoms with Crippen molar-refractivity contribution in [3.63, 3.8) is 0 Å². The Balaban J connectivity index is 1.79. The van der Waals surface area contributed by atoms with Crippen LogP contribution in [-0.4, -0.2) is 11.4 Å². The summed E-state index contributed by atoms with van der Waals surface area (Å²) < 4.78 is 13.9. The molecule has 0 aromatic heterocycles. The lowest BCUT2D eigenvalue weighted by atomic mass is 10.0. The van der Waals surface area contributed by atoms with Crippen LogP contribution < -0.4 is 5.73 Å². The zero-order chi connectivity index (χ0) is 13.9. The number of anilines is 1. The minimum atomic E-state index is -0.205. The molecule has 3 rings (SSSR count). The standard InChI is InChI=1S/C17H19FN2/c18-16-11-15(19)9-8-14(16)12-20-10-4-7-17(20)13-5-2-1-3-6-13/h1-3,5-6,8-9,11,17H,4,7,10,12,19H2. The number of nitrogens with zero attached hydrogens (tertiary/aromatic N) is 1. The molecule has 1 aliphatic heterocycles. The van der Waals surface area contributed by atoms with E-state index in [1.165, 1.54) is 11.6 Å². The van der Waals surface area contributed by atoms with Crippen LogP contribution in [0.25, 0.3) is 0 Å². The molecule has 1 heterocycles. The summed E-state index contributed by atoms with van der Waals surface area (Å²) in [6.07, 6.45) is 2.30. The SMILES string of the molecule is Nc1ccc(CN2CCCC2c2ccccc2)c(F)c1. The fraction of sp³-hybridized carbons (Fsp3) is 0.294. The van der Waals surface area contributed by atoms with Gasteiger partial charge in [-0.15, -0.1) is 0 Å². The molecule has 2 nitrogen and oxygen atoms in total. The van der Waals surface area contributed by atoms with Crippen LogP contribution in [0.4, 0.5) is 10.1 Å². The molecule has 0 bridgehead atoms. The lowest BCUT2D eigenvalue weighted by Gasteiger charge is -2.25. The molecule has 0 aliphatic carbocycles. The molecule has 2 N–H and O–H groups in total. The molecule has 1 saturated heterocycles. The largest absolute Gasteiger partial charge is 0.399 e. The lowest BCUT2D eigenvalue weighted by molar-refractivity contribution is 0.245. The zero-order valence-electron chi connectivity index (χ0n) is 11.4. The maximum absolute atomic E-state index is 13.9. The maximum atomic E-state index is 13.9. The van der Waals surface area contributed by atoms with Gasteiger partial charge in [0.05, 0.1) is 0 Å². The molecule has 1 unspecified atom stereocenters. The molecule has 20 heavy (non-hydrogen) atoms. The Morgan fingerprint density at radius 1 is 1.15 bits per heavy atom. The van der Waals surface area contributed by atoms with E-state index in [1.54, 1.807) is 12.1 Å². The molecule has 2 aromatic carbocycles.